The molecule has 106 valence electrons. The maximum atomic E-state index is 5.74. The molecular formula is C18H24N2. The van der Waals surface area contributed by atoms with Crippen molar-refractivity contribution in [1.82, 2.24) is 0 Å². The maximum absolute atomic E-state index is 5.74. The Morgan fingerprint density at radius 3 is 2.25 bits per heavy atom. The minimum Gasteiger partial charge on any atom is -0.399 e. The molecule has 2 heteroatoms. The molecule has 0 amide bonds. The average molecular weight is 268 g/mol. The molecule has 0 aliphatic heterocycles. The van der Waals surface area contributed by atoms with Gasteiger partial charge >= 0.3 is 0 Å². The number of rotatable bonds is 7. The third-order valence-electron chi connectivity index (χ3n) is 3.63. The summed E-state index contributed by atoms with van der Waals surface area (Å²) in [5.41, 5.74) is 9.26. The van der Waals surface area contributed by atoms with E-state index in [1.165, 1.54) is 30.5 Å². The number of benzene rings is 2. The average Bonchev–Trinajstić information content (AvgIpc) is 2.50. The molecule has 2 aromatic carbocycles. The molecule has 20 heavy (non-hydrogen) atoms. The summed E-state index contributed by atoms with van der Waals surface area (Å²) in [5.74, 6) is 0. The van der Waals surface area contributed by atoms with E-state index in [1.807, 2.05) is 12.1 Å². The first-order chi connectivity index (χ1) is 9.79. The van der Waals surface area contributed by atoms with Crippen molar-refractivity contribution < 1.29 is 0 Å². The van der Waals surface area contributed by atoms with Crippen LogP contribution in [-0.2, 0) is 6.42 Å². The lowest BCUT2D eigenvalue weighted by Crippen LogP contribution is -2.23. The summed E-state index contributed by atoms with van der Waals surface area (Å²) < 4.78 is 0. The van der Waals surface area contributed by atoms with Crippen molar-refractivity contribution >= 4 is 11.4 Å². The number of aryl methyl sites for hydroxylation is 1. The Morgan fingerprint density at radius 1 is 0.900 bits per heavy atom. The van der Waals surface area contributed by atoms with E-state index in [-0.39, 0.29) is 0 Å². The number of anilines is 2. The topological polar surface area (TPSA) is 29.3 Å². The molecule has 0 aromatic heterocycles. The van der Waals surface area contributed by atoms with Crippen LogP contribution in [0.5, 0.6) is 0 Å². The third-order valence-corrected chi connectivity index (χ3v) is 3.63. The van der Waals surface area contributed by atoms with Crippen molar-refractivity contribution in [2.24, 2.45) is 0 Å². The zero-order valence-corrected chi connectivity index (χ0v) is 12.3. The van der Waals surface area contributed by atoms with Crippen molar-refractivity contribution in [2.75, 3.05) is 23.7 Å². The highest BCUT2D eigenvalue weighted by atomic mass is 15.1. The van der Waals surface area contributed by atoms with E-state index in [9.17, 15) is 0 Å². The standard InChI is InChI=1S/C18H24N2/c1-2-20(18-13-11-17(19)12-14-18)15-7-6-10-16-8-4-3-5-9-16/h3-5,8-9,11-14H,2,6-7,10,15,19H2,1H3. The molecule has 0 saturated heterocycles. The van der Waals surface area contributed by atoms with E-state index in [4.69, 9.17) is 5.73 Å². The predicted octanol–water partition coefficient (Wildman–Crippen LogP) is 4.12. The number of unbranched alkanes of at least 4 members (excludes halogenated alkanes) is 1. The van der Waals surface area contributed by atoms with Gasteiger partial charge in [0.15, 0.2) is 0 Å². The molecule has 0 atom stereocenters. The number of nitrogens with zero attached hydrogens (tertiary/aromatic N) is 1. The van der Waals surface area contributed by atoms with Crippen LogP contribution < -0.4 is 10.6 Å². The van der Waals surface area contributed by atoms with E-state index >= 15 is 0 Å². The van der Waals surface area contributed by atoms with Gasteiger partial charge in [0.2, 0.25) is 0 Å². The molecule has 0 unspecified atom stereocenters. The van der Waals surface area contributed by atoms with E-state index in [2.05, 4.69) is 54.3 Å². The van der Waals surface area contributed by atoms with Gasteiger partial charge in [0.1, 0.15) is 0 Å². The predicted molar refractivity (Wildman–Crippen MR) is 88.1 cm³/mol. The van der Waals surface area contributed by atoms with Gasteiger partial charge < -0.3 is 10.6 Å². The number of hydrogen-bond acceptors (Lipinski definition) is 2. The molecule has 2 aromatic rings. The summed E-state index contributed by atoms with van der Waals surface area (Å²) in [7, 11) is 0. The fourth-order valence-electron chi connectivity index (χ4n) is 2.43. The Morgan fingerprint density at radius 2 is 1.60 bits per heavy atom. The van der Waals surface area contributed by atoms with Gasteiger partial charge in [-0.1, -0.05) is 30.3 Å². The van der Waals surface area contributed by atoms with Gasteiger partial charge in [0.05, 0.1) is 0 Å². The van der Waals surface area contributed by atoms with Crippen LogP contribution in [0.4, 0.5) is 11.4 Å². The molecule has 2 N–H and O–H groups in total. The zero-order valence-electron chi connectivity index (χ0n) is 12.3. The molecule has 0 aliphatic carbocycles. The Bertz CT molecular complexity index is 491. The molecule has 2 nitrogen and oxygen atoms in total. The highest BCUT2D eigenvalue weighted by molar-refractivity contribution is 5.52. The van der Waals surface area contributed by atoms with Crippen molar-refractivity contribution in [1.29, 1.82) is 0 Å². The Balaban J connectivity index is 1.78. The molecule has 0 aliphatic rings. The lowest BCUT2D eigenvalue weighted by Gasteiger charge is -2.23. The summed E-state index contributed by atoms with van der Waals surface area (Å²) >= 11 is 0. The number of hydrogen-bond donors (Lipinski definition) is 1. The SMILES string of the molecule is CCN(CCCCc1ccccc1)c1ccc(N)cc1. The van der Waals surface area contributed by atoms with Crippen LogP contribution >= 0.6 is 0 Å². The van der Waals surface area contributed by atoms with Crippen molar-refractivity contribution in [3.8, 4) is 0 Å². The lowest BCUT2D eigenvalue weighted by molar-refractivity contribution is 0.696. The molecule has 0 spiro atoms. The van der Waals surface area contributed by atoms with Gasteiger partial charge in [0.25, 0.3) is 0 Å². The second kappa shape index (κ2) is 7.59. The van der Waals surface area contributed by atoms with Gasteiger partial charge in [-0.3, -0.25) is 0 Å². The van der Waals surface area contributed by atoms with Crippen LogP contribution in [0, 0.1) is 0 Å². The van der Waals surface area contributed by atoms with Crippen LogP contribution in [0.15, 0.2) is 54.6 Å². The number of nitrogen functional groups attached to an aromatic ring is 1. The monoisotopic (exact) mass is 268 g/mol. The molecule has 2 rings (SSSR count). The van der Waals surface area contributed by atoms with Crippen molar-refractivity contribution in [3.63, 3.8) is 0 Å². The molecular weight excluding hydrogens is 244 g/mol. The van der Waals surface area contributed by atoms with Crippen LogP contribution in [0.2, 0.25) is 0 Å². The van der Waals surface area contributed by atoms with Crippen molar-refractivity contribution in [3.05, 3.63) is 60.2 Å². The first kappa shape index (κ1) is 14.4. The van der Waals surface area contributed by atoms with Gasteiger partial charge in [0, 0.05) is 24.5 Å². The highest BCUT2D eigenvalue weighted by Gasteiger charge is 2.03. The summed E-state index contributed by atoms with van der Waals surface area (Å²) in [6, 6.07) is 18.9. The molecule has 0 bridgehead atoms. The maximum Gasteiger partial charge on any atom is 0.0367 e. The van der Waals surface area contributed by atoms with E-state index in [0.29, 0.717) is 0 Å². The van der Waals surface area contributed by atoms with E-state index < -0.39 is 0 Å². The van der Waals surface area contributed by atoms with E-state index in [0.717, 1.165) is 18.8 Å². The molecule has 0 heterocycles. The molecule has 0 fully saturated rings. The van der Waals surface area contributed by atoms with Crippen LogP contribution in [0.25, 0.3) is 0 Å². The third kappa shape index (κ3) is 4.30. The summed E-state index contributed by atoms with van der Waals surface area (Å²) in [6.07, 6.45) is 3.61. The zero-order chi connectivity index (χ0) is 14.2. The lowest BCUT2D eigenvalue weighted by atomic mass is 10.1. The fraction of sp³-hybridized carbons (Fsp3) is 0.333. The summed E-state index contributed by atoms with van der Waals surface area (Å²) in [6.45, 7) is 4.34. The minimum absolute atomic E-state index is 0.828. The Hall–Kier alpha value is -1.96. The normalized spacial score (nSPS) is 10.4. The summed E-state index contributed by atoms with van der Waals surface area (Å²) in [4.78, 5) is 2.41. The Labute approximate surface area is 122 Å². The van der Waals surface area contributed by atoms with Crippen LogP contribution in [0.1, 0.15) is 25.3 Å². The quantitative estimate of drug-likeness (QED) is 0.604. The largest absolute Gasteiger partial charge is 0.399 e. The van der Waals surface area contributed by atoms with Crippen LogP contribution in [-0.4, -0.2) is 13.1 Å². The second-order valence-corrected chi connectivity index (χ2v) is 5.11. The molecule has 0 radical (unpaired) electrons. The van der Waals surface area contributed by atoms with E-state index in [1.54, 1.807) is 0 Å². The van der Waals surface area contributed by atoms with Crippen molar-refractivity contribution in [2.45, 2.75) is 26.2 Å². The summed E-state index contributed by atoms with van der Waals surface area (Å²) in [5, 5.41) is 0. The van der Waals surface area contributed by atoms with Gasteiger partial charge in [-0.15, -0.1) is 0 Å². The first-order valence-corrected chi connectivity index (χ1v) is 7.44. The minimum atomic E-state index is 0.828. The molecule has 0 saturated carbocycles. The van der Waals surface area contributed by atoms with Crippen LogP contribution in [0.3, 0.4) is 0 Å². The first-order valence-electron chi connectivity index (χ1n) is 7.44. The Kier molecular flexibility index (Phi) is 5.48. The fourth-order valence-corrected chi connectivity index (χ4v) is 2.43. The second-order valence-electron chi connectivity index (χ2n) is 5.11. The highest BCUT2D eigenvalue weighted by Crippen LogP contribution is 2.17. The smallest absolute Gasteiger partial charge is 0.0367 e. The van der Waals surface area contributed by atoms with Gasteiger partial charge in [-0.2, -0.15) is 0 Å². The van der Waals surface area contributed by atoms with Gasteiger partial charge in [-0.25, -0.2) is 0 Å². The van der Waals surface area contributed by atoms with Gasteiger partial charge in [-0.05, 0) is 56.0 Å². The number of nitrogens with two attached hydrogens (primary N) is 1.